The summed E-state index contributed by atoms with van der Waals surface area (Å²) in [5.41, 5.74) is 0.0631. The first kappa shape index (κ1) is 13.8. The zero-order chi connectivity index (χ0) is 14.0. The Bertz CT molecular complexity index is 521. The van der Waals surface area contributed by atoms with Crippen molar-refractivity contribution < 1.29 is 19.1 Å². The molecule has 1 saturated carbocycles. The summed E-state index contributed by atoms with van der Waals surface area (Å²) in [5, 5.41) is 11.6. The summed E-state index contributed by atoms with van der Waals surface area (Å²) in [6.45, 7) is 0. The van der Waals surface area contributed by atoms with Crippen molar-refractivity contribution in [1.29, 1.82) is 0 Å². The predicted octanol–water partition coefficient (Wildman–Crippen LogP) is 2.92. The Morgan fingerprint density at radius 2 is 2.00 bits per heavy atom. The molecule has 6 heteroatoms. The van der Waals surface area contributed by atoms with Crippen molar-refractivity contribution in [3.63, 3.8) is 0 Å². The highest BCUT2D eigenvalue weighted by molar-refractivity contribution is 6.30. The van der Waals surface area contributed by atoms with Gasteiger partial charge in [-0.15, -0.1) is 0 Å². The molecule has 1 aromatic carbocycles. The van der Waals surface area contributed by atoms with Crippen molar-refractivity contribution in [2.45, 2.75) is 19.3 Å². The van der Waals surface area contributed by atoms with Gasteiger partial charge in [0.05, 0.1) is 11.6 Å². The van der Waals surface area contributed by atoms with Gasteiger partial charge < -0.3 is 10.4 Å². The highest BCUT2D eigenvalue weighted by Crippen LogP contribution is 2.32. The molecule has 0 aliphatic heterocycles. The maximum atomic E-state index is 13.5. The van der Waals surface area contributed by atoms with Crippen LogP contribution in [0.4, 0.5) is 10.1 Å². The van der Waals surface area contributed by atoms with E-state index in [-0.39, 0.29) is 22.5 Å². The molecule has 2 N–H and O–H groups in total. The molecule has 0 bridgehead atoms. The number of anilines is 1. The molecule has 1 fully saturated rings. The minimum Gasteiger partial charge on any atom is -0.481 e. The first-order chi connectivity index (χ1) is 8.97. The van der Waals surface area contributed by atoms with Crippen LogP contribution in [-0.4, -0.2) is 17.0 Å². The van der Waals surface area contributed by atoms with Crippen LogP contribution in [0.5, 0.6) is 0 Å². The van der Waals surface area contributed by atoms with Crippen molar-refractivity contribution >= 4 is 29.2 Å². The van der Waals surface area contributed by atoms with Crippen LogP contribution in [-0.2, 0) is 9.59 Å². The summed E-state index contributed by atoms with van der Waals surface area (Å²) in [7, 11) is 0. The van der Waals surface area contributed by atoms with Crippen molar-refractivity contribution in [1.82, 2.24) is 0 Å². The minimum atomic E-state index is -0.882. The third-order valence-corrected chi connectivity index (χ3v) is 3.58. The number of halogens is 2. The van der Waals surface area contributed by atoms with Crippen LogP contribution in [0, 0.1) is 17.7 Å². The molecule has 0 aromatic heterocycles. The van der Waals surface area contributed by atoms with Gasteiger partial charge in [0.1, 0.15) is 5.82 Å². The SMILES string of the molecule is O=C(O)[C@@H]1CC[C@H](C(=O)Nc2ccc(Cl)cc2F)C1. The van der Waals surface area contributed by atoms with Gasteiger partial charge in [-0.05, 0) is 37.5 Å². The van der Waals surface area contributed by atoms with E-state index < -0.39 is 17.7 Å². The summed E-state index contributed by atoms with van der Waals surface area (Å²) in [6, 6.07) is 3.99. The summed E-state index contributed by atoms with van der Waals surface area (Å²) >= 11 is 5.62. The zero-order valence-corrected chi connectivity index (χ0v) is 10.8. The van der Waals surface area contributed by atoms with Gasteiger partial charge in [-0.3, -0.25) is 9.59 Å². The quantitative estimate of drug-likeness (QED) is 0.897. The lowest BCUT2D eigenvalue weighted by Gasteiger charge is -2.11. The fraction of sp³-hybridized carbons (Fsp3) is 0.385. The molecule has 102 valence electrons. The molecule has 0 heterocycles. The molecule has 1 aliphatic carbocycles. The van der Waals surface area contributed by atoms with Crippen LogP contribution >= 0.6 is 11.6 Å². The Morgan fingerprint density at radius 1 is 1.32 bits per heavy atom. The van der Waals surface area contributed by atoms with Crippen LogP contribution in [0.3, 0.4) is 0 Å². The lowest BCUT2D eigenvalue weighted by Crippen LogP contribution is -2.22. The first-order valence-electron chi connectivity index (χ1n) is 5.96. The number of aliphatic carboxylic acids is 1. The lowest BCUT2D eigenvalue weighted by molar-refractivity contribution is -0.141. The van der Waals surface area contributed by atoms with E-state index in [4.69, 9.17) is 16.7 Å². The molecule has 2 rings (SSSR count). The summed E-state index contributed by atoms with van der Waals surface area (Å²) in [5.74, 6) is -2.69. The normalized spacial score (nSPS) is 22.2. The number of rotatable bonds is 3. The molecule has 1 aromatic rings. The van der Waals surface area contributed by atoms with Crippen molar-refractivity contribution in [3.8, 4) is 0 Å². The fourth-order valence-corrected chi connectivity index (χ4v) is 2.43. The van der Waals surface area contributed by atoms with Gasteiger partial charge in [-0.2, -0.15) is 0 Å². The molecule has 4 nitrogen and oxygen atoms in total. The average molecular weight is 286 g/mol. The highest BCUT2D eigenvalue weighted by Gasteiger charge is 2.33. The van der Waals surface area contributed by atoms with E-state index in [0.717, 1.165) is 6.07 Å². The van der Waals surface area contributed by atoms with Crippen LogP contribution in [0.1, 0.15) is 19.3 Å². The predicted molar refractivity (Wildman–Crippen MR) is 68.5 cm³/mol. The molecule has 19 heavy (non-hydrogen) atoms. The maximum absolute atomic E-state index is 13.5. The topological polar surface area (TPSA) is 66.4 Å². The molecule has 1 amide bonds. The largest absolute Gasteiger partial charge is 0.481 e. The third kappa shape index (κ3) is 3.23. The van der Waals surface area contributed by atoms with Gasteiger partial charge in [-0.25, -0.2) is 4.39 Å². The van der Waals surface area contributed by atoms with Gasteiger partial charge in [0.2, 0.25) is 5.91 Å². The van der Waals surface area contributed by atoms with E-state index in [9.17, 15) is 14.0 Å². The number of amides is 1. The molecule has 2 atom stereocenters. The lowest BCUT2D eigenvalue weighted by atomic mass is 10.0. The number of carboxylic acids is 1. The minimum absolute atomic E-state index is 0.0631. The Balaban J connectivity index is 2.00. The number of carbonyl (C=O) groups excluding carboxylic acids is 1. The Morgan fingerprint density at radius 3 is 2.58 bits per heavy atom. The highest BCUT2D eigenvalue weighted by atomic mass is 35.5. The molecular formula is C13H13ClFNO3. The van der Waals surface area contributed by atoms with E-state index in [2.05, 4.69) is 5.32 Å². The van der Waals surface area contributed by atoms with Gasteiger partial charge in [0.15, 0.2) is 0 Å². The van der Waals surface area contributed by atoms with Crippen LogP contribution in [0.15, 0.2) is 18.2 Å². The average Bonchev–Trinajstić information content (AvgIpc) is 2.82. The second kappa shape index (κ2) is 5.57. The Labute approximate surface area is 114 Å². The van der Waals surface area contributed by atoms with Crippen molar-refractivity contribution in [2.75, 3.05) is 5.32 Å². The number of hydrogen-bond acceptors (Lipinski definition) is 2. The monoisotopic (exact) mass is 285 g/mol. The second-order valence-corrected chi connectivity index (χ2v) is 5.09. The summed E-state index contributed by atoms with van der Waals surface area (Å²) < 4.78 is 13.5. The number of carbonyl (C=O) groups is 2. The third-order valence-electron chi connectivity index (χ3n) is 3.34. The number of carboxylic acid groups (broad SMARTS) is 1. The standard InChI is InChI=1S/C13H13ClFNO3/c14-9-3-4-11(10(15)6-9)16-12(17)7-1-2-8(5-7)13(18)19/h3-4,6-8H,1-2,5H2,(H,16,17)(H,18,19)/t7-,8+/m0/s1. The molecule has 0 saturated heterocycles. The van der Waals surface area contributed by atoms with E-state index in [0.29, 0.717) is 19.3 Å². The number of hydrogen-bond donors (Lipinski definition) is 2. The molecule has 0 radical (unpaired) electrons. The maximum Gasteiger partial charge on any atom is 0.306 e. The smallest absolute Gasteiger partial charge is 0.306 e. The number of nitrogens with one attached hydrogen (secondary N) is 1. The van der Waals surface area contributed by atoms with Gasteiger partial charge >= 0.3 is 5.97 Å². The van der Waals surface area contributed by atoms with Crippen molar-refractivity contribution in [3.05, 3.63) is 29.0 Å². The van der Waals surface area contributed by atoms with E-state index in [1.165, 1.54) is 12.1 Å². The van der Waals surface area contributed by atoms with Gasteiger partial charge in [0, 0.05) is 10.9 Å². The molecule has 0 spiro atoms. The van der Waals surface area contributed by atoms with Gasteiger partial charge in [0.25, 0.3) is 0 Å². The molecule has 1 aliphatic rings. The summed E-state index contributed by atoms with van der Waals surface area (Å²) in [6.07, 6.45) is 1.30. The van der Waals surface area contributed by atoms with Crippen LogP contribution < -0.4 is 5.32 Å². The Hall–Kier alpha value is -1.62. The number of benzene rings is 1. The second-order valence-electron chi connectivity index (χ2n) is 4.66. The van der Waals surface area contributed by atoms with Crippen LogP contribution in [0.25, 0.3) is 0 Å². The van der Waals surface area contributed by atoms with Crippen LogP contribution in [0.2, 0.25) is 5.02 Å². The zero-order valence-electron chi connectivity index (χ0n) is 10.0. The summed E-state index contributed by atoms with van der Waals surface area (Å²) in [4.78, 5) is 22.7. The van der Waals surface area contributed by atoms with Gasteiger partial charge in [-0.1, -0.05) is 11.6 Å². The first-order valence-corrected chi connectivity index (χ1v) is 6.34. The van der Waals surface area contributed by atoms with E-state index in [1.54, 1.807) is 0 Å². The molecular weight excluding hydrogens is 273 g/mol. The van der Waals surface area contributed by atoms with E-state index >= 15 is 0 Å². The fourth-order valence-electron chi connectivity index (χ4n) is 2.27. The van der Waals surface area contributed by atoms with Crippen molar-refractivity contribution in [2.24, 2.45) is 11.8 Å². The van der Waals surface area contributed by atoms with E-state index in [1.807, 2.05) is 0 Å². The molecule has 0 unspecified atom stereocenters. The Kier molecular flexibility index (Phi) is 4.04.